The van der Waals surface area contributed by atoms with Gasteiger partial charge in [-0.25, -0.2) is 9.67 Å². The van der Waals surface area contributed by atoms with E-state index in [4.69, 9.17) is 0 Å². The van der Waals surface area contributed by atoms with Gasteiger partial charge in [-0.15, -0.1) is 22.7 Å². The molecule has 1 amide bonds. The summed E-state index contributed by atoms with van der Waals surface area (Å²) < 4.78 is 3.29. The van der Waals surface area contributed by atoms with Crippen molar-refractivity contribution in [1.29, 1.82) is 0 Å². The standard InChI is InChI=1S/C20H18N4O2S2/c1-13-18(20(26)24(23(13)2)15-7-4-3-5-8-15)22-17(25)11-14-12-28-19(21-14)16-9-6-10-27-16/h3-10,12H,11H2,1-2H3,(H,22,25). The quantitative estimate of drug-likeness (QED) is 0.543. The molecular weight excluding hydrogens is 392 g/mol. The van der Waals surface area contributed by atoms with Gasteiger partial charge in [-0.2, -0.15) is 0 Å². The van der Waals surface area contributed by atoms with Crippen LogP contribution in [0.4, 0.5) is 5.69 Å². The van der Waals surface area contributed by atoms with Crippen LogP contribution in [0, 0.1) is 6.92 Å². The minimum absolute atomic E-state index is 0.126. The molecule has 3 heterocycles. The third-order valence-electron chi connectivity index (χ3n) is 4.44. The predicted octanol–water partition coefficient (Wildman–Crippen LogP) is 3.85. The molecule has 142 valence electrons. The number of nitrogens with zero attached hydrogens (tertiary/aromatic N) is 3. The third kappa shape index (κ3) is 3.44. The summed E-state index contributed by atoms with van der Waals surface area (Å²) in [6, 6.07) is 13.3. The van der Waals surface area contributed by atoms with Crippen LogP contribution in [0.1, 0.15) is 11.4 Å². The van der Waals surface area contributed by atoms with Crippen LogP contribution in [0.25, 0.3) is 15.6 Å². The topological polar surface area (TPSA) is 68.9 Å². The number of carbonyl (C=O) groups is 1. The SMILES string of the molecule is Cc1c(NC(=O)Cc2csc(-c3cccs3)n2)c(=O)n(-c2ccccc2)n1C. The molecule has 6 nitrogen and oxygen atoms in total. The van der Waals surface area contributed by atoms with Crippen LogP contribution in [-0.2, 0) is 18.3 Å². The number of anilines is 1. The molecule has 4 rings (SSSR count). The molecule has 0 unspecified atom stereocenters. The monoisotopic (exact) mass is 410 g/mol. The van der Waals surface area contributed by atoms with Gasteiger partial charge in [0.25, 0.3) is 5.56 Å². The molecule has 3 aromatic heterocycles. The van der Waals surface area contributed by atoms with Gasteiger partial charge in [0.15, 0.2) is 0 Å². The van der Waals surface area contributed by atoms with E-state index in [9.17, 15) is 9.59 Å². The summed E-state index contributed by atoms with van der Waals surface area (Å²) in [4.78, 5) is 31.0. The molecule has 0 aliphatic rings. The van der Waals surface area contributed by atoms with Crippen LogP contribution in [0.2, 0.25) is 0 Å². The fourth-order valence-corrected chi connectivity index (χ4v) is 4.60. The van der Waals surface area contributed by atoms with E-state index in [1.165, 1.54) is 11.3 Å². The van der Waals surface area contributed by atoms with Crippen molar-refractivity contribution >= 4 is 34.3 Å². The van der Waals surface area contributed by atoms with E-state index in [0.717, 1.165) is 15.6 Å². The van der Waals surface area contributed by atoms with Gasteiger partial charge in [-0.3, -0.25) is 14.3 Å². The highest BCUT2D eigenvalue weighted by molar-refractivity contribution is 7.20. The second-order valence-corrected chi connectivity index (χ2v) is 8.09. The normalized spacial score (nSPS) is 10.9. The maximum atomic E-state index is 12.9. The van der Waals surface area contributed by atoms with E-state index in [1.54, 1.807) is 27.7 Å². The molecule has 8 heteroatoms. The Morgan fingerprint density at radius 2 is 1.93 bits per heavy atom. The highest BCUT2D eigenvalue weighted by Crippen LogP contribution is 2.28. The molecule has 0 fully saturated rings. The molecule has 28 heavy (non-hydrogen) atoms. The number of rotatable bonds is 5. The predicted molar refractivity (Wildman–Crippen MR) is 114 cm³/mol. The smallest absolute Gasteiger partial charge is 0.295 e. The number of amides is 1. The first-order valence-electron chi connectivity index (χ1n) is 8.66. The Kier molecular flexibility index (Phi) is 4.97. The van der Waals surface area contributed by atoms with E-state index in [2.05, 4.69) is 10.3 Å². The van der Waals surface area contributed by atoms with Gasteiger partial charge in [-0.05, 0) is 30.5 Å². The molecule has 0 atom stereocenters. The summed E-state index contributed by atoms with van der Waals surface area (Å²) >= 11 is 3.13. The molecule has 1 N–H and O–H groups in total. The zero-order chi connectivity index (χ0) is 19.7. The lowest BCUT2D eigenvalue weighted by molar-refractivity contribution is -0.115. The number of para-hydroxylation sites is 1. The van der Waals surface area contributed by atoms with Gasteiger partial charge in [0.2, 0.25) is 5.91 Å². The number of thiophene rings is 1. The van der Waals surface area contributed by atoms with E-state index < -0.39 is 0 Å². The zero-order valence-corrected chi connectivity index (χ0v) is 17.0. The Bertz CT molecular complexity index is 1170. The maximum absolute atomic E-state index is 12.9. The number of thiazole rings is 1. The van der Waals surface area contributed by atoms with Crippen molar-refractivity contribution in [3.63, 3.8) is 0 Å². The highest BCUT2D eigenvalue weighted by atomic mass is 32.1. The molecule has 0 aliphatic heterocycles. The van der Waals surface area contributed by atoms with Crippen molar-refractivity contribution in [1.82, 2.24) is 14.3 Å². The number of carbonyl (C=O) groups excluding carboxylic acids is 1. The fraction of sp³-hybridized carbons (Fsp3) is 0.150. The van der Waals surface area contributed by atoms with Crippen molar-refractivity contribution in [3.05, 3.63) is 75.0 Å². The Balaban J connectivity index is 1.55. The number of hydrogen-bond acceptors (Lipinski definition) is 5. The van der Waals surface area contributed by atoms with Crippen molar-refractivity contribution in [2.75, 3.05) is 5.32 Å². The van der Waals surface area contributed by atoms with E-state index in [1.807, 2.05) is 60.1 Å². The second kappa shape index (κ2) is 7.57. The lowest BCUT2D eigenvalue weighted by Gasteiger charge is -2.07. The number of benzene rings is 1. The van der Waals surface area contributed by atoms with Crippen LogP contribution in [0.3, 0.4) is 0 Å². The Morgan fingerprint density at radius 3 is 2.64 bits per heavy atom. The fourth-order valence-electron chi connectivity index (χ4n) is 2.96. The first kappa shape index (κ1) is 18.4. The molecule has 0 saturated carbocycles. The Morgan fingerprint density at radius 1 is 1.14 bits per heavy atom. The van der Waals surface area contributed by atoms with Crippen LogP contribution < -0.4 is 10.9 Å². The summed E-state index contributed by atoms with van der Waals surface area (Å²) in [5.74, 6) is -0.256. The second-order valence-electron chi connectivity index (χ2n) is 6.28. The zero-order valence-electron chi connectivity index (χ0n) is 15.4. The van der Waals surface area contributed by atoms with Crippen LogP contribution in [0.5, 0.6) is 0 Å². The summed E-state index contributed by atoms with van der Waals surface area (Å²) in [5.41, 5.74) is 2.18. The Labute approximate surface area is 169 Å². The number of nitrogens with one attached hydrogen (secondary N) is 1. The van der Waals surface area contributed by atoms with E-state index >= 15 is 0 Å². The van der Waals surface area contributed by atoms with Crippen molar-refractivity contribution in [2.45, 2.75) is 13.3 Å². The lowest BCUT2D eigenvalue weighted by Crippen LogP contribution is -2.23. The first-order valence-corrected chi connectivity index (χ1v) is 10.4. The summed E-state index contributed by atoms with van der Waals surface area (Å²) in [5, 5.41) is 7.56. The highest BCUT2D eigenvalue weighted by Gasteiger charge is 2.19. The molecule has 1 aromatic carbocycles. The largest absolute Gasteiger partial charge is 0.320 e. The van der Waals surface area contributed by atoms with Crippen LogP contribution in [-0.4, -0.2) is 20.3 Å². The van der Waals surface area contributed by atoms with Crippen LogP contribution in [0.15, 0.2) is 58.0 Å². The van der Waals surface area contributed by atoms with Gasteiger partial charge in [0.05, 0.1) is 28.4 Å². The molecule has 0 aliphatic carbocycles. The molecule has 0 radical (unpaired) electrons. The molecule has 0 bridgehead atoms. The minimum Gasteiger partial charge on any atom is -0.320 e. The number of aromatic nitrogens is 3. The van der Waals surface area contributed by atoms with Gasteiger partial charge in [0.1, 0.15) is 10.7 Å². The first-order chi connectivity index (χ1) is 13.5. The van der Waals surface area contributed by atoms with Gasteiger partial charge in [-0.1, -0.05) is 24.3 Å². The summed E-state index contributed by atoms with van der Waals surface area (Å²) in [7, 11) is 1.80. The third-order valence-corrected chi connectivity index (χ3v) is 6.37. The molecule has 0 saturated heterocycles. The van der Waals surface area contributed by atoms with E-state index in [0.29, 0.717) is 17.1 Å². The van der Waals surface area contributed by atoms with Crippen molar-refractivity contribution in [3.8, 4) is 15.6 Å². The van der Waals surface area contributed by atoms with Gasteiger partial charge >= 0.3 is 0 Å². The Hall–Kier alpha value is -2.97. The minimum atomic E-state index is -0.256. The molecule has 0 spiro atoms. The van der Waals surface area contributed by atoms with Crippen LogP contribution >= 0.6 is 22.7 Å². The van der Waals surface area contributed by atoms with Crippen molar-refractivity contribution in [2.24, 2.45) is 7.05 Å². The summed E-state index contributed by atoms with van der Waals surface area (Å²) in [6.07, 6.45) is 0.126. The number of hydrogen-bond donors (Lipinski definition) is 1. The van der Waals surface area contributed by atoms with E-state index in [-0.39, 0.29) is 17.9 Å². The average Bonchev–Trinajstić information content (AvgIpc) is 3.41. The lowest BCUT2D eigenvalue weighted by atomic mass is 10.3. The van der Waals surface area contributed by atoms with Gasteiger partial charge in [0, 0.05) is 12.4 Å². The average molecular weight is 411 g/mol. The van der Waals surface area contributed by atoms with Gasteiger partial charge < -0.3 is 5.32 Å². The van der Waals surface area contributed by atoms with Crippen molar-refractivity contribution < 1.29 is 4.79 Å². The molecular formula is C20H18N4O2S2. The molecule has 4 aromatic rings. The maximum Gasteiger partial charge on any atom is 0.295 e. The summed E-state index contributed by atoms with van der Waals surface area (Å²) in [6.45, 7) is 1.81.